The van der Waals surface area contributed by atoms with E-state index in [0.717, 1.165) is 0 Å². The van der Waals surface area contributed by atoms with Crippen molar-refractivity contribution in [3.63, 3.8) is 0 Å². The number of benzene rings is 1. The third-order valence-corrected chi connectivity index (χ3v) is 5.61. The van der Waals surface area contributed by atoms with Gasteiger partial charge in [-0.1, -0.05) is 30.3 Å². The molecule has 0 aliphatic rings. The van der Waals surface area contributed by atoms with Crippen LogP contribution in [0.4, 0.5) is 0 Å². The van der Waals surface area contributed by atoms with Crippen molar-refractivity contribution in [2.45, 2.75) is 13.1 Å². The van der Waals surface area contributed by atoms with Crippen LogP contribution in [0.1, 0.15) is 0 Å². The van der Waals surface area contributed by atoms with Crippen molar-refractivity contribution in [2.75, 3.05) is 46.8 Å². The van der Waals surface area contributed by atoms with Crippen LogP contribution in [0.5, 0.6) is 0 Å². The fourth-order valence-corrected chi connectivity index (χ4v) is 3.50. The topological polar surface area (TPSA) is 36.9 Å². The Morgan fingerprint density at radius 3 is 1.95 bits per heavy atom. The van der Waals surface area contributed by atoms with Gasteiger partial charge in [0.15, 0.2) is 0 Å². The lowest BCUT2D eigenvalue weighted by Crippen LogP contribution is -2.45. The first kappa shape index (κ1) is 17.3. The second kappa shape index (κ2) is 10.1. The third kappa shape index (κ3) is 7.16. The summed E-state index contributed by atoms with van der Waals surface area (Å²) in [6.07, 6.45) is 0. The van der Waals surface area contributed by atoms with Crippen molar-refractivity contribution in [1.82, 2.24) is 0 Å². The summed E-state index contributed by atoms with van der Waals surface area (Å²) >= 11 is 0. The molecule has 0 aromatic heterocycles. The Balaban J connectivity index is 2.06. The number of rotatable bonds is 11. The zero-order valence-corrected chi connectivity index (χ0v) is 13.8. The van der Waals surface area contributed by atoms with E-state index in [1.807, 2.05) is 6.07 Å². The molecule has 5 heteroatoms. The molecule has 0 saturated carbocycles. The third-order valence-electron chi connectivity index (χ3n) is 2.96. The van der Waals surface area contributed by atoms with Crippen molar-refractivity contribution in [3.8, 4) is 0 Å². The lowest BCUT2D eigenvalue weighted by Gasteiger charge is -2.23. The lowest BCUT2D eigenvalue weighted by molar-refractivity contribution is 0.0175. The Morgan fingerprint density at radius 2 is 1.35 bits per heavy atom. The Bertz CT molecular complexity index is 343. The normalized spacial score (nSPS) is 11.8. The largest absolute Gasteiger partial charge is 0.411 e. The Hall–Kier alpha value is -0.723. The molecule has 4 nitrogen and oxygen atoms in total. The maximum atomic E-state index is 6.01. The molecule has 0 N–H and O–H groups in total. The van der Waals surface area contributed by atoms with E-state index in [4.69, 9.17) is 18.6 Å². The predicted molar refractivity (Wildman–Crippen MR) is 83.0 cm³/mol. The molecule has 0 aliphatic carbocycles. The summed E-state index contributed by atoms with van der Waals surface area (Å²) in [6, 6.07) is 10.4. The fraction of sp³-hybridized carbons (Fsp3) is 0.600. The molecule has 0 amide bonds. The molecule has 0 radical (unpaired) electrons. The van der Waals surface area contributed by atoms with E-state index in [1.54, 1.807) is 7.11 Å². The minimum Gasteiger partial charge on any atom is -0.411 e. The average Bonchev–Trinajstić information content (AvgIpc) is 2.46. The molecule has 1 aromatic rings. The molecule has 1 rings (SSSR count). The highest BCUT2D eigenvalue weighted by Crippen LogP contribution is 2.04. The molecular formula is C15H26O4Si. The summed E-state index contributed by atoms with van der Waals surface area (Å²) in [6.45, 7) is 8.09. The van der Waals surface area contributed by atoms with Crippen molar-refractivity contribution in [1.29, 1.82) is 0 Å². The fourth-order valence-electron chi connectivity index (χ4n) is 1.74. The maximum absolute atomic E-state index is 6.01. The van der Waals surface area contributed by atoms with Gasteiger partial charge in [-0.05, 0) is 18.3 Å². The van der Waals surface area contributed by atoms with Gasteiger partial charge in [-0.2, -0.15) is 0 Å². The van der Waals surface area contributed by atoms with Crippen LogP contribution in [0.2, 0.25) is 13.1 Å². The highest BCUT2D eigenvalue weighted by Gasteiger charge is 2.24. The molecule has 1 aromatic carbocycles. The first-order valence-corrected chi connectivity index (χ1v) is 9.91. The van der Waals surface area contributed by atoms with Gasteiger partial charge in [0.05, 0.1) is 39.6 Å². The quantitative estimate of drug-likeness (QED) is 0.461. The van der Waals surface area contributed by atoms with Gasteiger partial charge >= 0.3 is 0 Å². The Kier molecular flexibility index (Phi) is 8.72. The van der Waals surface area contributed by atoms with E-state index in [9.17, 15) is 0 Å². The molecule has 0 spiro atoms. The predicted octanol–water partition coefficient (Wildman–Crippen LogP) is 1.79. The summed E-state index contributed by atoms with van der Waals surface area (Å²) < 4.78 is 21.7. The molecule has 0 fully saturated rings. The summed E-state index contributed by atoms with van der Waals surface area (Å²) in [7, 11) is -0.131. The summed E-state index contributed by atoms with van der Waals surface area (Å²) in [5, 5.41) is 1.31. The molecular weight excluding hydrogens is 272 g/mol. The van der Waals surface area contributed by atoms with Crippen LogP contribution in [-0.2, 0) is 18.6 Å². The van der Waals surface area contributed by atoms with E-state index in [-0.39, 0.29) is 0 Å². The Labute approximate surface area is 123 Å². The summed E-state index contributed by atoms with van der Waals surface area (Å²) in [5.74, 6) is 0. The van der Waals surface area contributed by atoms with Gasteiger partial charge in [-0.15, -0.1) is 0 Å². The van der Waals surface area contributed by atoms with E-state index in [1.165, 1.54) is 5.19 Å². The van der Waals surface area contributed by atoms with Crippen LogP contribution in [0.15, 0.2) is 30.3 Å². The van der Waals surface area contributed by atoms with Crippen molar-refractivity contribution in [2.24, 2.45) is 0 Å². The van der Waals surface area contributed by atoms with E-state index in [2.05, 4.69) is 37.4 Å². The SMILES string of the molecule is COCCOCCOCCO[Si](C)(C)c1ccccc1. The van der Waals surface area contributed by atoms with E-state index >= 15 is 0 Å². The minimum atomic E-state index is -1.79. The second-order valence-corrected chi connectivity index (χ2v) is 8.83. The van der Waals surface area contributed by atoms with Gasteiger partial charge in [-0.3, -0.25) is 0 Å². The van der Waals surface area contributed by atoms with Crippen molar-refractivity contribution >= 4 is 13.5 Å². The monoisotopic (exact) mass is 298 g/mol. The maximum Gasteiger partial charge on any atom is 0.218 e. The molecule has 0 aliphatic heterocycles. The highest BCUT2D eigenvalue weighted by molar-refractivity contribution is 6.84. The van der Waals surface area contributed by atoms with Crippen LogP contribution in [0, 0.1) is 0 Å². The van der Waals surface area contributed by atoms with Gasteiger partial charge in [0.1, 0.15) is 0 Å². The molecule has 0 unspecified atom stereocenters. The van der Waals surface area contributed by atoms with Crippen LogP contribution in [-0.4, -0.2) is 55.1 Å². The zero-order valence-electron chi connectivity index (χ0n) is 12.8. The zero-order chi connectivity index (χ0) is 14.7. The number of ether oxygens (including phenoxy) is 3. The van der Waals surface area contributed by atoms with Crippen LogP contribution < -0.4 is 5.19 Å². The lowest BCUT2D eigenvalue weighted by atomic mass is 10.4. The number of hydrogen-bond acceptors (Lipinski definition) is 4. The Morgan fingerprint density at radius 1 is 0.800 bits per heavy atom. The number of methoxy groups -OCH3 is 1. The summed E-state index contributed by atoms with van der Waals surface area (Å²) in [5.41, 5.74) is 0. The van der Waals surface area contributed by atoms with Gasteiger partial charge in [-0.25, -0.2) is 0 Å². The van der Waals surface area contributed by atoms with E-state index in [0.29, 0.717) is 39.6 Å². The van der Waals surface area contributed by atoms with Crippen LogP contribution >= 0.6 is 0 Å². The summed E-state index contributed by atoms with van der Waals surface area (Å²) in [4.78, 5) is 0. The first-order valence-electron chi connectivity index (χ1n) is 7.01. The van der Waals surface area contributed by atoms with Gasteiger partial charge in [0, 0.05) is 7.11 Å². The molecule has 0 heterocycles. The van der Waals surface area contributed by atoms with Crippen molar-refractivity contribution in [3.05, 3.63) is 30.3 Å². The molecule has 0 atom stereocenters. The minimum absolute atomic E-state index is 0.598. The molecule has 114 valence electrons. The van der Waals surface area contributed by atoms with Gasteiger partial charge < -0.3 is 18.6 Å². The van der Waals surface area contributed by atoms with Crippen LogP contribution in [0.3, 0.4) is 0 Å². The standard InChI is InChI=1S/C15H26O4Si/c1-16-9-10-17-11-12-18-13-14-19-20(2,3)15-7-5-4-6-8-15/h4-8H,9-14H2,1-3H3. The second-order valence-electron chi connectivity index (χ2n) is 4.94. The van der Waals surface area contributed by atoms with Crippen LogP contribution in [0.25, 0.3) is 0 Å². The first-order chi connectivity index (χ1) is 9.67. The van der Waals surface area contributed by atoms with Crippen molar-refractivity contribution < 1.29 is 18.6 Å². The molecule has 0 bridgehead atoms. The van der Waals surface area contributed by atoms with Gasteiger partial charge in [0.25, 0.3) is 0 Å². The highest BCUT2D eigenvalue weighted by atomic mass is 28.4. The van der Waals surface area contributed by atoms with Gasteiger partial charge in [0.2, 0.25) is 8.32 Å². The molecule has 0 saturated heterocycles. The number of hydrogen-bond donors (Lipinski definition) is 0. The molecule has 20 heavy (non-hydrogen) atoms. The smallest absolute Gasteiger partial charge is 0.218 e. The van der Waals surface area contributed by atoms with E-state index < -0.39 is 8.32 Å². The average molecular weight is 298 g/mol.